The monoisotopic (exact) mass is 528 g/mol. The lowest BCUT2D eigenvalue weighted by Gasteiger charge is -2.40. The van der Waals surface area contributed by atoms with Crippen LogP contribution in [-0.2, 0) is 11.3 Å². The normalized spacial score (nSPS) is 25.6. The number of benzene rings is 3. The molecule has 0 radical (unpaired) electrons. The number of carbonyl (C=O) groups is 1. The molecule has 5 unspecified atom stereocenters. The molecular weight excluding hydrogens is 500 g/mol. The second kappa shape index (κ2) is 9.07. The third-order valence-electron chi connectivity index (χ3n) is 8.50. The number of anilines is 1. The van der Waals surface area contributed by atoms with Crippen LogP contribution in [0.25, 0.3) is 10.8 Å². The molecule has 188 valence electrons. The van der Waals surface area contributed by atoms with Gasteiger partial charge in [0.25, 0.3) is 0 Å². The SMILES string of the molecule is COc1ccccc1C1c2sc(=O)n(CC(=O)Nc3ccc4ccccc4c3)c2SC2C3CCC(C3)C12. The van der Waals surface area contributed by atoms with E-state index >= 15 is 0 Å². The molecule has 37 heavy (non-hydrogen) atoms. The third kappa shape index (κ3) is 3.82. The second-order valence-corrected chi connectivity index (χ2v) is 12.6. The van der Waals surface area contributed by atoms with Gasteiger partial charge in [0, 0.05) is 27.3 Å². The molecule has 7 rings (SSSR count). The van der Waals surface area contributed by atoms with Gasteiger partial charge in [0.05, 0.1) is 12.1 Å². The Morgan fingerprint density at radius 1 is 1.03 bits per heavy atom. The average molecular weight is 529 g/mol. The largest absolute Gasteiger partial charge is 0.496 e. The summed E-state index contributed by atoms with van der Waals surface area (Å²) in [5.41, 5.74) is 1.91. The van der Waals surface area contributed by atoms with E-state index in [0.717, 1.165) is 32.1 Å². The highest BCUT2D eigenvalue weighted by Gasteiger charge is 2.55. The van der Waals surface area contributed by atoms with Crippen molar-refractivity contribution in [2.24, 2.45) is 17.8 Å². The molecule has 1 amide bonds. The van der Waals surface area contributed by atoms with Crippen molar-refractivity contribution >= 4 is 45.5 Å². The summed E-state index contributed by atoms with van der Waals surface area (Å²) < 4.78 is 7.50. The summed E-state index contributed by atoms with van der Waals surface area (Å²) in [5, 5.41) is 6.67. The smallest absolute Gasteiger partial charge is 0.308 e. The Morgan fingerprint density at radius 3 is 2.68 bits per heavy atom. The van der Waals surface area contributed by atoms with Crippen molar-refractivity contribution in [1.29, 1.82) is 0 Å². The van der Waals surface area contributed by atoms with Crippen LogP contribution in [0.3, 0.4) is 0 Å². The van der Waals surface area contributed by atoms with Gasteiger partial charge in [-0.15, -0.1) is 11.8 Å². The molecule has 2 fully saturated rings. The van der Waals surface area contributed by atoms with Gasteiger partial charge in [-0.1, -0.05) is 59.9 Å². The number of aromatic nitrogens is 1. The fourth-order valence-corrected chi connectivity index (χ4v) is 10.1. The summed E-state index contributed by atoms with van der Waals surface area (Å²) in [6, 6.07) is 22.2. The summed E-state index contributed by atoms with van der Waals surface area (Å²) >= 11 is 3.17. The zero-order valence-corrected chi connectivity index (χ0v) is 22.2. The molecule has 7 heteroatoms. The highest BCUT2D eigenvalue weighted by Crippen LogP contribution is 2.64. The van der Waals surface area contributed by atoms with Crippen molar-refractivity contribution in [2.75, 3.05) is 12.4 Å². The van der Waals surface area contributed by atoms with Crippen molar-refractivity contribution in [3.8, 4) is 5.75 Å². The minimum absolute atomic E-state index is 0.0224. The van der Waals surface area contributed by atoms with E-state index in [9.17, 15) is 9.59 Å². The molecule has 0 saturated heterocycles. The summed E-state index contributed by atoms with van der Waals surface area (Å²) in [6.45, 7) is 0.0224. The zero-order valence-electron chi connectivity index (χ0n) is 20.6. The van der Waals surface area contributed by atoms with Crippen LogP contribution in [0.5, 0.6) is 5.75 Å². The van der Waals surface area contributed by atoms with Gasteiger partial charge in [-0.25, -0.2) is 0 Å². The number of ether oxygens (including phenoxy) is 1. The molecule has 2 aliphatic carbocycles. The predicted octanol–water partition coefficient (Wildman–Crippen LogP) is 6.36. The van der Waals surface area contributed by atoms with Crippen LogP contribution < -0.4 is 14.9 Å². The van der Waals surface area contributed by atoms with Gasteiger partial charge in [0.2, 0.25) is 5.91 Å². The molecule has 2 bridgehead atoms. The molecule has 4 aromatic rings. The highest BCUT2D eigenvalue weighted by molar-refractivity contribution is 8.00. The molecule has 5 atom stereocenters. The number of carbonyl (C=O) groups excluding carboxylic acids is 1. The van der Waals surface area contributed by atoms with Gasteiger partial charge in [0.15, 0.2) is 0 Å². The van der Waals surface area contributed by atoms with Gasteiger partial charge >= 0.3 is 4.87 Å². The van der Waals surface area contributed by atoms with Crippen LogP contribution in [0, 0.1) is 17.8 Å². The van der Waals surface area contributed by atoms with Gasteiger partial charge in [-0.2, -0.15) is 0 Å². The third-order valence-corrected chi connectivity index (χ3v) is 11.3. The van der Waals surface area contributed by atoms with E-state index < -0.39 is 0 Å². The summed E-state index contributed by atoms with van der Waals surface area (Å²) in [5.74, 6) is 2.71. The van der Waals surface area contributed by atoms with E-state index in [2.05, 4.69) is 23.5 Å². The van der Waals surface area contributed by atoms with Crippen LogP contribution in [0.2, 0.25) is 0 Å². The minimum atomic E-state index is -0.178. The Morgan fingerprint density at radius 2 is 1.81 bits per heavy atom. The van der Waals surface area contributed by atoms with Gasteiger partial charge < -0.3 is 10.1 Å². The number of amides is 1. The summed E-state index contributed by atoms with van der Waals surface area (Å²) in [7, 11) is 1.72. The van der Waals surface area contributed by atoms with Crippen molar-refractivity contribution in [2.45, 2.75) is 42.0 Å². The van der Waals surface area contributed by atoms with Crippen molar-refractivity contribution in [3.05, 3.63) is 86.8 Å². The van der Waals surface area contributed by atoms with Gasteiger partial charge in [-0.3, -0.25) is 14.2 Å². The maximum absolute atomic E-state index is 13.4. The molecule has 0 spiro atoms. The van der Waals surface area contributed by atoms with Crippen molar-refractivity contribution in [3.63, 3.8) is 0 Å². The number of rotatable bonds is 5. The maximum Gasteiger partial charge on any atom is 0.308 e. The van der Waals surface area contributed by atoms with Crippen LogP contribution >= 0.6 is 23.1 Å². The lowest BCUT2D eigenvalue weighted by molar-refractivity contribution is -0.116. The zero-order chi connectivity index (χ0) is 25.1. The van der Waals surface area contributed by atoms with E-state index in [-0.39, 0.29) is 23.2 Å². The molecule has 3 aromatic carbocycles. The number of hydrogen-bond acceptors (Lipinski definition) is 5. The van der Waals surface area contributed by atoms with Gasteiger partial charge in [-0.05, 0) is 66.0 Å². The summed E-state index contributed by atoms with van der Waals surface area (Å²) in [6.07, 6.45) is 3.82. The molecule has 2 saturated carbocycles. The fraction of sp³-hybridized carbons (Fsp3) is 0.333. The Hall–Kier alpha value is -3.03. The standard InChI is InChI=1S/C30H28N2O3S2/c1-35-23-9-5-4-8-22(23)26-25-19-10-11-20(14-19)27(25)36-29-28(26)37-30(34)32(29)16-24(33)31-21-13-12-17-6-2-3-7-18(17)15-21/h2-9,12-13,15,19-20,25-27H,10-11,14,16H2,1H3,(H,31,33). The van der Waals surface area contributed by atoms with Crippen LogP contribution in [-0.4, -0.2) is 22.8 Å². The maximum atomic E-state index is 13.4. The Bertz CT molecular complexity index is 1570. The molecule has 2 heterocycles. The molecule has 1 N–H and O–H groups in total. The first-order valence-corrected chi connectivity index (χ1v) is 14.6. The number of thiazole rings is 1. The Labute approximate surface area is 223 Å². The second-order valence-electron chi connectivity index (χ2n) is 10.4. The number of para-hydroxylation sites is 1. The first kappa shape index (κ1) is 23.1. The highest BCUT2D eigenvalue weighted by atomic mass is 32.2. The number of nitrogens with one attached hydrogen (secondary N) is 1. The number of thioether (sulfide) groups is 1. The summed E-state index contributed by atoms with van der Waals surface area (Å²) in [4.78, 5) is 27.6. The van der Waals surface area contributed by atoms with E-state index in [1.165, 1.54) is 36.2 Å². The van der Waals surface area contributed by atoms with Crippen LogP contribution in [0.1, 0.15) is 35.6 Å². The van der Waals surface area contributed by atoms with Gasteiger partial charge in [0.1, 0.15) is 12.3 Å². The fourth-order valence-electron chi connectivity index (χ4n) is 6.97. The lowest BCUT2D eigenvalue weighted by Crippen LogP contribution is -2.35. The number of nitrogens with zero attached hydrogens (tertiary/aromatic N) is 1. The topological polar surface area (TPSA) is 60.3 Å². The van der Waals surface area contributed by atoms with E-state index in [1.54, 1.807) is 11.7 Å². The van der Waals surface area contributed by atoms with E-state index in [1.807, 2.05) is 60.3 Å². The van der Waals surface area contributed by atoms with Crippen LogP contribution in [0.4, 0.5) is 5.69 Å². The molecule has 3 aliphatic rings. The number of fused-ring (bicyclic) bond motifs is 7. The first-order chi connectivity index (χ1) is 18.1. The number of hydrogen-bond donors (Lipinski definition) is 1. The molecule has 1 aliphatic heterocycles. The first-order valence-electron chi connectivity index (χ1n) is 12.9. The lowest BCUT2D eigenvalue weighted by atomic mass is 9.74. The predicted molar refractivity (Wildman–Crippen MR) is 150 cm³/mol. The molecule has 5 nitrogen and oxygen atoms in total. The Balaban J connectivity index is 1.24. The molecular formula is C30H28N2O3S2. The average Bonchev–Trinajstić information content (AvgIpc) is 3.62. The number of methoxy groups -OCH3 is 1. The Kier molecular flexibility index (Phi) is 5.66. The van der Waals surface area contributed by atoms with E-state index in [4.69, 9.17) is 4.74 Å². The quantitative estimate of drug-likeness (QED) is 0.327. The van der Waals surface area contributed by atoms with Crippen molar-refractivity contribution < 1.29 is 9.53 Å². The minimum Gasteiger partial charge on any atom is -0.496 e. The van der Waals surface area contributed by atoms with E-state index in [0.29, 0.717) is 23.0 Å². The van der Waals surface area contributed by atoms with Crippen molar-refractivity contribution in [1.82, 2.24) is 4.57 Å². The molecule has 1 aromatic heterocycles. The van der Waals surface area contributed by atoms with Crippen LogP contribution in [0.15, 0.2) is 76.6 Å².